The van der Waals surface area contributed by atoms with Gasteiger partial charge in [0.1, 0.15) is 0 Å². The maximum atomic E-state index is 12.3. The highest BCUT2D eigenvalue weighted by molar-refractivity contribution is 9.40. The van der Waals surface area contributed by atoms with Crippen molar-refractivity contribution in [2.75, 3.05) is 6.16 Å². The normalized spacial score (nSPS) is 44.7. The zero-order chi connectivity index (χ0) is 8.82. The van der Waals surface area contributed by atoms with E-state index in [2.05, 4.69) is 22.4 Å². The molecule has 2 aliphatic rings. The largest absolute Gasteiger partial charge is 0.311 e. The first kappa shape index (κ1) is 9.27. The van der Waals surface area contributed by atoms with Crippen molar-refractivity contribution in [1.82, 2.24) is 0 Å². The molecule has 0 aromatic carbocycles. The smallest absolute Gasteiger partial charge is 0.153 e. The second-order valence-corrected chi connectivity index (χ2v) is 10.7. The molecule has 0 spiro atoms. The molecule has 2 aliphatic carbocycles. The molecule has 0 N–H and O–H groups in total. The van der Waals surface area contributed by atoms with Gasteiger partial charge in [-0.1, -0.05) is 6.92 Å². The van der Waals surface area contributed by atoms with E-state index in [4.69, 9.17) is 0 Å². The summed E-state index contributed by atoms with van der Waals surface area (Å²) in [6, 6.07) is 0. The van der Waals surface area contributed by atoms with E-state index in [1.54, 1.807) is 0 Å². The van der Waals surface area contributed by atoms with Crippen molar-refractivity contribution in [2.24, 2.45) is 5.92 Å². The van der Waals surface area contributed by atoms with E-state index in [-0.39, 0.29) is 5.16 Å². The molecule has 1 unspecified atom stereocenters. The molecule has 2 bridgehead atoms. The molecule has 0 amide bonds. The Labute approximate surface area is 82.4 Å². The van der Waals surface area contributed by atoms with Crippen LogP contribution in [-0.4, -0.2) is 11.3 Å². The predicted molar refractivity (Wildman–Crippen MR) is 56.4 cm³/mol. The number of hydrogen-bond donors (Lipinski definition) is 0. The van der Waals surface area contributed by atoms with Crippen LogP contribution in [0.1, 0.15) is 39.0 Å². The quantitative estimate of drug-likeness (QED) is 0.677. The van der Waals surface area contributed by atoms with Crippen molar-refractivity contribution in [2.45, 2.75) is 44.2 Å². The molecule has 0 heterocycles. The van der Waals surface area contributed by atoms with Gasteiger partial charge in [-0.3, -0.25) is 0 Å². The molecule has 1 atom stereocenters. The third-order valence-corrected chi connectivity index (χ3v) is 10.4. The average Bonchev–Trinajstić information content (AvgIpc) is 2.64. The van der Waals surface area contributed by atoms with Crippen molar-refractivity contribution >= 4 is 21.3 Å². The van der Waals surface area contributed by atoms with Gasteiger partial charge < -0.3 is 4.57 Å². The maximum Gasteiger partial charge on any atom is 0.153 e. The minimum atomic E-state index is -2.00. The van der Waals surface area contributed by atoms with Crippen molar-refractivity contribution in [3.63, 3.8) is 0 Å². The van der Waals surface area contributed by atoms with Gasteiger partial charge in [-0.05, 0) is 53.5 Å². The fourth-order valence-corrected chi connectivity index (χ4v) is 6.59. The fraction of sp³-hybridized carbons (Fsp3) is 1.00. The Morgan fingerprint density at radius 1 is 1.50 bits per heavy atom. The summed E-state index contributed by atoms with van der Waals surface area (Å²) in [6.45, 7) is 2.05. The Bertz CT molecular complexity index is 231. The van der Waals surface area contributed by atoms with Crippen LogP contribution in [0.25, 0.3) is 0 Å². The molecule has 1 nitrogen and oxygen atoms in total. The summed E-state index contributed by atoms with van der Waals surface area (Å²) in [7, 11) is 0. The molecule has 0 aromatic heterocycles. The molecule has 3 heteroatoms. The molecule has 0 aromatic rings. The van der Waals surface area contributed by atoms with Gasteiger partial charge in [0.2, 0.25) is 0 Å². The first-order valence-electron chi connectivity index (χ1n) is 4.88. The lowest BCUT2D eigenvalue weighted by Crippen LogP contribution is -2.20. The summed E-state index contributed by atoms with van der Waals surface area (Å²) in [6.07, 6.45) is 7.16. The second-order valence-electron chi connectivity index (χ2n) is 4.34. The first-order valence-corrected chi connectivity index (χ1v) is 8.79. The molecule has 0 radical (unpaired) electrons. The summed E-state index contributed by atoms with van der Waals surface area (Å²) >= 11 is 3.51. The van der Waals surface area contributed by atoms with Gasteiger partial charge in [0.05, 0.1) is 0 Å². The van der Waals surface area contributed by atoms with Crippen molar-refractivity contribution < 1.29 is 4.57 Å². The molecule has 0 aliphatic heterocycles. The monoisotopic (exact) mass is 250 g/mol. The third-order valence-electron chi connectivity index (χ3n) is 3.82. The molecule has 2 rings (SSSR count). The van der Waals surface area contributed by atoms with Gasteiger partial charge >= 0.3 is 0 Å². The number of hydrogen-bond acceptors (Lipinski definition) is 1. The van der Waals surface area contributed by atoms with E-state index in [9.17, 15) is 4.57 Å². The summed E-state index contributed by atoms with van der Waals surface area (Å²) in [5.74, 6) is -1.09. The van der Waals surface area contributed by atoms with E-state index < -0.39 is 5.84 Å². The van der Waals surface area contributed by atoms with Gasteiger partial charge in [0, 0.05) is 11.3 Å². The molecular formula is C9H16BrOP. The number of rotatable bonds is 2. The topological polar surface area (TPSA) is 17.1 Å². The van der Waals surface area contributed by atoms with Crippen LogP contribution in [-0.2, 0) is 4.57 Å². The van der Waals surface area contributed by atoms with Crippen LogP contribution >= 0.6 is 21.3 Å². The Morgan fingerprint density at radius 2 is 2.08 bits per heavy atom. The van der Waals surface area contributed by atoms with Gasteiger partial charge in [-0.2, -0.15) is 0 Å². The molecule has 12 heavy (non-hydrogen) atoms. The van der Waals surface area contributed by atoms with Crippen LogP contribution in [0.4, 0.5) is 0 Å². The lowest BCUT2D eigenvalue weighted by Gasteiger charge is -2.31. The van der Waals surface area contributed by atoms with E-state index >= 15 is 0 Å². The van der Waals surface area contributed by atoms with Crippen molar-refractivity contribution in [1.29, 1.82) is 0 Å². The molecule has 70 valence electrons. The van der Waals surface area contributed by atoms with E-state index in [0.717, 1.165) is 12.1 Å². The molecule has 2 saturated carbocycles. The minimum Gasteiger partial charge on any atom is -0.311 e. The van der Waals surface area contributed by atoms with Gasteiger partial charge in [0.25, 0.3) is 0 Å². The highest BCUT2D eigenvalue weighted by Crippen LogP contribution is 2.74. The van der Waals surface area contributed by atoms with E-state index in [1.807, 2.05) is 0 Å². The van der Waals surface area contributed by atoms with Gasteiger partial charge in [0.15, 0.2) is 5.84 Å². The first-order chi connectivity index (χ1) is 5.60. The van der Waals surface area contributed by atoms with Crippen LogP contribution in [0, 0.1) is 5.92 Å². The number of halogens is 1. The average molecular weight is 251 g/mol. The molecular weight excluding hydrogens is 235 g/mol. The SMILES string of the molecule is CCP(=O)(Br)C12CCC(CC1)C2. The Hall–Kier alpha value is 0.710. The van der Waals surface area contributed by atoms with Crippen LogP contribution in [0.2, 0.25) is 0 Å². The third kappa shape index (κ3) is 1.14. The van der Waals surface area contributed by atoms with Crippen LogP contribution in [0.5, 0.6) is 0 Å². The van der Waals surface area contributed by atoms with E-state index in [0.29, 0.717) is 0 Å². The van der Waals surface area contributed by atoms with Gasteiger partial charge in [-0.15, -0.1) is 0 Å². The maximum absolute atomic E-state index is 12.3. The highest BCUT2D eigenvalue weighted by atomic mass is 79.9. The second kappa shape index (κ2) is 2.85. The predicted octanol–water partition coefficient (Wildman–Crippen LogP) is 4.01. The highest BCUT2D eigenvalue weighted by Gasteiger charge is 2.53. The molecule has 2 fully saturated rings. The lowest BCUT2D eigenvalue weighted by atomic mass is 10.0. The summed E-state index contributed by atoms with van der Waals surface area (Å²) in [5.41, 5.74) is 0. The summed E-state index contributed by atoms with van der Waals surface area (Å²) in [5, 5.41) is 0.229. The Kier molecular flexibility index (Phi) is 2.20. The van der Waals surface area contributed by atoms with Gasteiger partial charge in [-0.25, -0.2) is 0 Å². The minimum absolute atomic E-state index is 0.229. The van der Waals surface area contributed by atoms with Crippen molar-refractivity contribution in [3.8, 4) is 0 Å². The zero-order valence-electron chi connectivity index (χ0n) is 7.55. The van der Waals surface area contributed by atoms with Crippen LogP contribution < -0.4 is 0 Å². The Morgan fingerprint density at radius 3 is 2.42 bits per heavy atom. The van der Waals surface area contributed by atoms with E-state index in [1.165, 1.54) is 32.1 Å². The number of fused-ring (bicyclic) bond motifs is 2. The summed E-state index contributed by atoms with van der Waals surface area (Å²) in [4.78, 5) is 0. The summed E-state index contributed by atoms with van der Waals surface area (Å²) < 4.78 is 12.3. The molecule has 0 saturated heterocycles. The van der Waals surface area contributed by atoms with Crippen LogP contribution in [0.3, 0.4) is 0 Å². The zero-order valence-corrected chi connectivity index (χ0v) is 10.0. The lowest BCUT2D eigenvalue weighted by molar-refractivity contribution is 0.480. The van der Waals surface area contributed by atoms with Crippen LogP contribution in [0.15, 0.2) is 0 Å². The fourth-order valence-electron chi connectivity index (χ4n) is 2.97. The Balaban J connectivity index is 2.27. The van der Waals surface area contributed by atoms with Crippen molar-refractivity contribution in [3.05, 3.63) is 0 Å². The standard InChI is InChI=1S/C9H16BrOP/c1-2-12(10,11)9-5-3-8(7-9)4-6-9/h8H,2-7H2,1H3.